The van der Waals surface area contributed by atoms with Crippen LogP contribution in [0.1, 0.15) is 57.6 Å². The molecular weight excluding hydrogens is 250 g/mol. The number of hydrogen-bond acceptors (Lipinski definition) is 3. The molecule has 3 heteroatoms. The molecule has 0 aliphatic carbocycles. The number of benzene rings is 1. The molecule has 1 aromatic rings. The molecule has 0 spiro atoms. The summed E-state index contributed by atoms with van der Waals surface area (Å²) < 4.78 is 11.5. The van der Waals surface area contributed by atoms with Crippen molar-refractivity contribution in [1.29, 1.82) is 0 Å². The third-order valence-electron chi connectivity index (χ3n) is 3.66. The Morgan fingerprint density at radius 2 is 1.90 bits per heavy atom. The lowest BCUT2D eigenvalue weighted by atomic mass is 10.0. The molecule has 0 bridgehead atoms. The highest BCUT2D eigenvalue weighted by Gasteiger charge is 2.15. The third kappa shape index (κ3) is 4.14. The van der Waals surface area contributed by atoms with E-state index in [4.69, 9.17) is 9.47 Å². The van der Waals surface area contributed by atoms with Gasteiger partial charge in [-0.2, -0.15) is 0 Å². The second-order valence-corrected chi connectivity index (χ2v) is 5.41. The Kier molecular flexibility index (Phi) is 6.19. The van der Waals surface area contributed by atoms with Crippen molar-refractivity contribution in [2.45, 2.75) is 52.0 Å². The summed E-state index contributed by atoms with van der Waals surface area (Å²) in [6.45, 7) is 7.00. The van der Waals surface area contributed by atoms with Gasteiger partial charge in [0.05, 0.1) is 13.2 Å². The van der Waals surface area contributed by atoms with E-state index in [2.05, 4.69) is 37.4 Å². The van der Waals surface area contributed by atoms with E-state index in [9.17, 15) is 0 Å². The summed E-state index contributed by atoms with van der Waals surface area (Å²) in [7, 11) is 0. The van der Waals surface area contributed by atoms with Crippen molar-refractivity contribution in [3.8, 4) is 11.5 Å². The average molecular weight is 277 g/mol. The van der Waals surface area contributed by atoms with Crippen LogP contribution < -0.4 is 14.8 Å². The summed E-state index contributed by atoms with van der Waals surface area (Å²) in [5, 5.41) is 3.65. The minimum atomic E-state index is 0.423. The predicted molar refractivity (Wildman–Crippen MR) is 82.6 cm³/mol. The predicted octanol–water partition coefficient (Wildman–Crippen LogP) is 4.08. The number of unbranched alkanes of at least 4 members (excludes halogenated alkanes) is 1. The molecule has 1 atom stereocenters. The molecule has 0 saturated heterocycles. The van der Waals surface area contributed by atoms with E-state index in [1.165, 1.54) is 24.8 Å². The third-order valence-corrected chi connectivity index (χ3v) is 3.66. The van der Waals surface area contributed by atoms with E-state index in [1.54, 1.807) is 0 Å². The van der Waals surface area contributed by atoms with Crippen molar-refractivity contribution in [3.05, 3.63) is 23.8 Å². The SMILES string of the molecule is CCCCC(NCCC)c1ccc2c(c1)OCCCO2. The smallest absolute Gasteiger partial charge is 0.161 e. The van der Waals surface area contributed by atoms with Gasteiger partial charge in [0.2, 0.25) is 0 Å². The first-order valence-electron chi connectivity index (χ1n) is 7.98. The molecule has 20 heavy (non-hydrogen) atoms. The first-order chi connectivity index (χ1) is 9.85. The summed E-state index contributed by atoms with van der Waals surface area (Å²) in [6, 6.07) is 6.81. The zero-order chi connectivity index (χ0) is 14.2. The Morgan fingerprint density at radius 1 is 1.10 bits per heavy atom. The number of fused-ring (bicyclic) bond motifs is 1. The minimum absolute atomic E-state index is 0.423. The molecule has 0 fully saturated rings. The second-order valence-electron chi connectivity index (χ2n) is 5.41. The van der Waals surface area contributed by atoms with Crippen LogP contribution in [0.4, 0.5) is 0 Å². The van der Waals surface area contributed by atoms with Gasteiger partial charge in [0.15, 0.2) is 11.5 Å². The quantitative estimate of drug-likeness (QED) is 0.814. The molecule has 1 aliphatic heterocycles. The van der Waals surface area contributed by atoms with Crippen molar-refractivity contribution in [3.63, 3.8) is 0 Å². The van der Waals surface area contributed by atoms with Gasteiger partial charge in [-0.25, -0.2) is 0 Å². The standard InChI is InChI=1S/C17H27NO2/c1-3-5-7-15(18-10-4-2)14-8-9-16-17(13-14)20-12-6-11-19-16/h8-9,13,15,18H,3-7,10-12H2,1-2H3. The van der Waals surface area contributed by atoms with Gasteiger partial charge in [-0.1, -0.05) is 32.8 Å². The van der Waals surface area contributed by atoms with Gasteiger partial charge in [-0.05, 0) is 37.1 Å². The highest BCUT2D eigenvalue weighted by Crippen LogP contribution is 2.33. The van der Waals surface area contributed by atoms with Crippen molar-refractivity contribution in [2.24, 2.45) is 0 Å². The molecule has 1 unspecified atom stereocenters. The highest BCUT2D eigenvalue weighted by molar-refractivity contribution is 5.44. The Hall–Kier alpha value is -1.22. The molecule has 112 valence electrons. The molecular formula is C17H27NO2. The van der Waals surface area contributed by atoms with Gasteiger partial charge in [-0.3, -0.25) is 0 Å². The van der Waals surface area contributed by atoms with Gasteiger partial charge in [0.1, 0.15) is 0 Å². The zero-order valence-electron chi connectivity index (χ0n) is 12.8. The van der Waals surface area contributed by atoms with E-state index >= 15 is 0 Å². The molecule has 1 N–H and O–H groups in total. The summed E-state index contributed by atoms with van der Waals surface area (Å²) in [4.78, 5) is 0. The summed E-state index contributed by atoms with van der Waals surface area (Å²) in [5.41, 5.74) is 1.32. The van der Waals surface area contributed by atoms with Crippen molar-refractivity contribution in [2.75, 3.05) is 19.8 Å². The van der Waals surface area contributed by atoms with Crippen LogP contribution in [0.15, 0.2) is 18.2 Å². The molecule has 1 heterocycles. The lowest BCUT2D eigenvalue weighted by Gasteiger charge is -2.20. The molecule has 0 radical (unpaired) electrons. The number of ether oxygens (including phenoxy) is 2. The first kappa shape index (κ1) is 15.2. The van der Waals surface area contributed by atoms with Crippen LogP contribution in [0.25, 0.3) is 0 Å². The molecule has 3 nitrogen and oxygen atoms in total. The molecule has 2 rings (SSSR count). The first-order valence-corrected chi connectivity index (χ1v) is 7.98. The maximum Gasteiger partial charge on any atom is 0.161 e. The van der Waals surface area contributed by atoms with Gasteiger partial charge in [0, 0.05) is 12.5 Å². The Bertz CT molecular complexity index is 398. The van der Waals surface area contributed by atoms with Crippen LogP contribution >= 0.6 is 0 Å². The van der Waals surface area contributed by atoms with E-state index in [0.717, 1.165) is 44.1 Å². The van der Waals surface area contributed by atoms with Crippen LogP contribution in [0.3, 0.4) is 0 Å². The maximum absolute atomic E-state index is 5.80. The number of nitrogens with one attached hydrogen (secondary N) is 1. The van der Waals surface area contributed by atoms with Crippen molar-refractivity contribution >= 4 is 0 Å². The molecule has 1 aromatic carbocycles. The van der Waals surface area contributed by atoms with Crippen LogP contribution in [0, 0.1) is 0 Å². The lowest BCUT2D eigenvalue weighted by Crippen LogP contribution is -2.22. The summed E-state index contributed by atoms with van der Waals surface area (Å²) in [5.74, 6) is 1.79. The van der Waals surface area contributed by atoms with Crippen LogP contribution in [-0.2, 0) is 0 Å². The fourth-order valence-corrected chi connectivity index (χ4v) is 2.51. The van der Waals surface area contributed by atoms with Crippen molar-refractivity contribution in [1.82, 2.24) is 5.32 Å². The maximum atomic E-state index is 5.80. The topological polar surface area (TPSA) is 30.5 Å². The monoisotopic (exact) mass is 277 g/mol. The van der Waals surface area contributed by atoms with Crippen LogP contribution in [0.2, 0.25) is 0 Å². The van der Waals surface area contributed by atoms with E-state index in [-0.39, 0.29) is 0 Å². The summed E-state index contributed by atoms with van der Waals surface area (Å²) in [6.07, 6.45) is 5.77. The number of rotatable bonds is 7. The van der Waals surface area contributed by atoms with E-state index in [0.29, 0.717) is 6.04 Å². The van der Waals surface area contributed by atoms with Crippen LogP contribution in [0.5, 0.6) is 11.5 Å². The lowest BCUT2D eigenvalue weighted by molar-refractivity contribution is 0.297. The van der Waals surface area contributed by atoms with Gasteiger partial charge in [-0.15, -0.1) is 0 Å². The van der Waals surface area contributed by atoms with Crippen molar-refractivity contribution < 1.29 is 9.47 Å². The fraction of sp³-hybridized carbons (Fsp3) is 0.647. The number of hydrogen-bond donors (Lipinski definition) is 1. The molecule has 0 aromatic heterocycles. The van der Waals surface area contributed by atoms with Gasteiger partial charge >= 0.3 is 0 Å². The largest absolute Gasteiger partial charge is 0.490 e. The Labute approximate surface area is 122 Å². The molecule has 0 saturated carbocycles. The second kappa shape index (κ2) is 8.15. The molecule has 1 aliphatic rings. The summed E-state index contributed by atoms with van der Waals surface area (Å²) >= 11 is 0. The normalized spacial score (nSPS) is 15.7. The van der Waals surface area contributed by atoms with Gasteiger partial charge in [0.25, 0.3) is 0 Å². The highest BCUT2D eigenvalue weighted by atomic mass is 16.5. The fourth-order valence-electron chi connectivity index (χ4n) is 2.51. The zero-order valence-corrected chi connectivity index (χ0v) is 12.8. The average Bonchev–Trinajstić information content (AvgIpc) is 2.72. The van der Waals surface area contributed by atoms with E-state index < -0.39 is 0 Å². The Balaban J connectivity index is 2.12. The minimum Gasteiger partial charge on any atom is -0.490 e. The van der Waals surface area contributed by atoms with Crippen LogP contribution in [-0.4, -0.2) is 19.8 Å². The Morgan fingerprint density at radius 3 is 2.65 bits per heavy atom. The van der Waals surface area contributed by atoms with Gasteiger partial charge < -0.3 is 14.8 Å². The van der Waals surface area contributed by atoms with E-state index in [1.807, 2.05) is 0 Å². The molecule has 0 amide bonds.